The lowest BCUT2D eigenvalue weighted by atomic mass is 10.2. The van der Waals surface area contributed by atoms with Gasteiger partial charge in [0.1, 0.15) is 12.4 Å². The van der Waals surface area contributed by atoms with E-state index >= 15 is 0 Å². The van der Waals surface area contributed by atoms with E-state index in [0.29, 0.717) is 18.4 Å². The summed E-state index contributed by atoms with van der Waals surface area (Å²) in [7, 11) is 0. The Morgan fingerprint density at radius 3 is 2.38 bits per heavy atom. The highest BCUT2D eigenvalue weighted by atomic mass is 16.5. The summed E-state index contributed by atoms with van der Waals surface area (Å²) in [4.78, 5) is 4.48. The van der Waals surface area contributed by atoms with E-state index in [1.807, 2.05) is 85.8 Å². The van der Waals surface area contributed by atoms with E-state index in [2.05, 4.69) is 25.8 Å². The molecule has 0 saturated heterocycles. The molecule has 0 unspecified atom stereocenters. The van der Waals surface area contributed by atoms with Crippen molar-refractivity contribution < 1.29 is 4.74 Å². The zero-order valence-corrected chi connectivity index (χ0v) is 16.0. The lowest BCUT2D eigenvalue weighted by Gasteiger charge is -2.10. The molecule has 4 aromatic rings. The van der Waals surface area contributed by atoms with Gasteiger partial charge in [-0.25, -0.2) is 0 Å². The molecule has 4 rings (SSSR count). The van der Waals surface area contributed by atoms with Crippen molar-refractivity contribution in [3.05, 3.63) is 96.2 Å². The second-order valence-electron chi connectivity index (χ2n) is 6.53. The van der Waals surface area contributed by atoms with Gasteiger partial charge in [-0.05, 0) is 48.4 Å². The van der Waals surface area contributed by atoms with Crippen LogP contribution in [0.25, 0.3) is 0 Å². The molecule has 0 aliphatic rings. The van der Waals surface area contributed by atoms with E-state index in [-0.39, 0.29) is 0 Å². The number of anilines is 4. The molecule has 0 spiro atoms. The van der Waals surface area contributed by atoms with Gasteiger partial charge in [-0.2, -0.15) is 10.1 Å². The number of rotatable bonds is 7. The molecule has 1 heterocycles. The fraction of sp³-hybridized carbons (Fsp3) is 0.0870. The molecule has 29 heavy (non-hydrogen) atoms. The molecule has 0 radical (unpaired) electrons. The van der Waals surface area contributed by atoms with Gasteiger partial charge in [0, 0.05) is 11.4 Å². The van der Waals surface area contributed by atoms with E-state index in [0.717, 1.165) is 28.3 Å². The summed E-state index contributed by atoms with van der Waals surface area (Å²) in [5.74, 6) is 1.85. The van der Waals surface area contributed by atoms with Crippen LogP contribution in [0.4, 0.5) is 23.1 Å². The van der Waals surface area contributed by atoms with Crippen LogP contribution in [0, 0.1) is 6.92 Å². The minimum atomic E-state index is 0.437. The van der Waals surface area contributed by atoms with Gasteiger partial charge in [0.2, 0.25) is 5.95 Å². The van der Waals surface area contributed by atoms with Gasteiger partial charge in [-0.1, -0.05) is 48.5 Å². The maximum Gasteiger partial charge on any atom is 0.249 e. The SMILES string of the molecule is Cc1ccccc1Nc1nncc(Nc2ccc(OCc3ccccc3)cc2)n1. The van der Waals surface area contributed by atoms with Crippen LogP contribution in [0.3, 0.4) is 0 Å². The third kappa shape index (κ3) is 5.07. The number of aryl methyl sites for hydroxylation is 1. The third-order valence-corrected chi connectivity index (χ3v) is 4.33. The summed E-state index contributed by atoms with van der Waals surface area (Å²) in [6.07, 6.45) is 1.59. The minimum absolute atomic E-state index is 0.437. The normalized spacial score (nSPS) is 10.4. The van der Waals surface area contributed by atoms with Gasteiger partial charge in [0.25, 0.3) is 0 Å². The molecule has 2 N–H and O–H groups in total. The fourth-order valence-corrected chi connectivity index (χ4v) is 2.77. The van der Waals surface area contributed by atoms with Crippen molar-refractivity contribution in [3.63, 3.8) is 0 Å². The van der Waals surface area contributed by atoms with Crippen molar-refractivity contribution in [1.29, 1.82) is 0 Å². The van der Waals surface area contributed by atoms with E-state index in [9.17, 15) is 0 Å². The monoisotopic (exact) mass is 383 g/mol. The molecular formula is C23H21N5O. The smallest absolute Gasteiger partial charge is 0.249 e. The second-order valence-corrected chi connectivity index (χ2v) is 6.53. The number of nitrogens with one attached hydrogen (secondary N) is 2. The van der Waals surface area contributed by atoms with E-state index in [1.54, 1.807) is 6.20 Å². The molecule has 0 saturated carbocycles. The van der Waals surface area contributed by atoms with Crippen LogP contribution in [0.15, 0.2) is 85.1 Å². The largest absolute Gasteiger partial charge is 0.489 e. The summed E-state index contributed by atoms with van der Waals surface area (Å²) in [6.45, 7) is 2.57. The van der Waals surface area contributed by atoms with Crippen LogP contribution in [-0.4, -0.2) is 15.2 Å². The standard InChI is InChI=1S/C23H21N5O/c1-17-7-5-6-10-21(17)26-23-27-22(15-24-28-23)25-19-11-13-20(14-12-19)29-16-18-8-3-2-4-9-18/h2-15H,16H2,1H3,(H2,25,26,27,28). The Morgan fingerprint density at radius 1 is 0.828 bits per heavy atom. The number of hydrogen-bond acceptors (Lipinski definition) is 6. The molecule has 0 atom stereocenters. The van der Waals surface area contributed by atoms with Crippen molar-refractivity contribution in [2.45, 2.75) is 13.5 Å². The quantitative estimate of drug-likeness (QED) is 0.454. The molecule has 6 heteroatoms. The minimum Gasteiger partial charge on any atom is -0.489 e. The number of ether oxygens (including phenoxy) is 1. The predicted molar refractivity (Wildman–Crippen MR) is 115 cm³/mol. The zero-order valence-electron chi connectivity index (χ0n) is 16.0. The Balaban J connectivity index is 1.38. The molecule has 0 aliphatic heterocycles. The van der Waals surface area contributed by atoms with Crippen molar-refractivity contribution in [3.8, 4) is 5.75 Å². The number of benzene rings is 3. The molecule has 0 aliphatic carbocycles. The average Bonchev–Trinajstić information content (AvgIpc) is 2.76. The first kappa shape index (κ1) is 18.4. The van der Waals surface area contributed by atoms with Crippen molar-refractivity contribution in [1.82, 2.24) is 15.2 Å². The lowest BCUT2D eigenvalue weighted by molar-refractivity contribution is 0.306. The summed E-state index contributed by atoms with van der Waals surface area (Å²) >= 11 is 0. The molecule has 144 valence electrons. The van der Waals surface area contributed by atoms with Gasteiger partial charge >= 0.3 is 0 Å². The molecule has 6 nitrogen and oxygen atoms in total. The Bertz CT molecular complexity index is 1070. The Morgan fingerprint density at radius 2 is 1.59 bits per heavy atom. The van der Waals surface area contributed by atoms with Crippen LogP contribution in [0.2, 0.25) is 0 Å². The van der Waals surface area contributed by atoms with Crippen molar-refractivity contribution in [2.75, 3.05) is 10.6 Å². The van der Waals surface area contributed by atoms with Crippen molar-refractivity contribution >= 4 is 23.1 Å². The number of para-hydroxylation sites is 1. The Kier molecular flexibility index (Phi) is 5.62. The highest BCUT2D eigenvalue weighted by Crippen LogP contribution is 2.21. The first-order valence-electron chi connectivity index (χ1n) is 9.32. The molecule has 0 bridgehead atoms. The van der Waals surface area contributed by atoms with Crippen LogP contribution in [0.1, 0.15) is 11.1 Å². The van der Waals surface area contributed by atoms with Gasteiger partial charge in [-0.15, -0.1) is 5.10 Å². The lowest BCUT2D eigenvalue weighted by Crippen LogP contribution is -2.03. The Hall–Kier alpha value is -3.93. The topological polar surface area (TPSA) is 72.0 Å². The predicted octanol–water partition coefficient (Wildman–Crippen LogP) is 5.25. The molecule has 0 fully saturated rings. The second kappa shape index (κ2) is 8.84. The number of aromatic nitrogens is 3. The molecular weight excluding hydrogens is 362 g/mol. The van der Waals surface area contributed by atoms with E-state index < -0.39 is 0 Å². The summed E-state index contributed by atoms with van der Waals surface area (Å²) < 4.78 is 5.82. The first-order chi connectivity index (χ1) is 14.3. The van der Waals surface area contributed by atoms with Crippen LogP contribution < -0.4 is 15.4 Å². The zero-order chi connectivity index (χ0) is 19.9. The number of nitrogens with zero attached hydrogens (tertiary/aromatic N) is 3. The van der Waals surface area contributed by atoms with Crippen LogP contribution >= 0.6 is 0 Å². The summed E-state index contributed by atoms with van der Waals surface area (Å²) in [6, 6.07) is 25.8. The average molecular weight is 383 g/mol. The molecule has 3 aromatic carbocycles. The van der Waals surface area contributed by atoms with Gasteiger partial charge in [0.05, 0.1) is 6.20 Å². The van der Waals surface area contributed by atoms with Gasteiger partial charge in [0.15, 0.2) is 5.82 Å². The summed E-state index contributed by atoms with van der Waals surface area (Å²) in [5.41, 5.74) is 4.08. The van der Waals surface area contributed by atoms with Crippen LogP contribution in [0.5, 0.6) is 5.75 Å². The van der Waals surface area contributed by atoms with Crippen molar-refractivity contribution in [2.24, 2.45) is 0 Å². The molecule has 0 amide bonds. The number of hydrogen-bond donors (Lipinski definition) is 2. The fourth-order valence-electron chi connectivity index (χ4n) is 2.77. The van der Waals surface area contributed by atoms with E-state index in [1.165, 1.54) is 0 Å². The summed E-state index contributed by atoms with van der Waals surface area (Å²) in [5, 5.41) is 14.5. The maximum absolute atomic E-state index is 5.82. The Labute approximate surface area is 169 Å². The van der Waals surface area contributed by atoms with E-state index in [4.69, 9.17) is 4.74 Å². The van der Waals surface area contributed by atoms with Crippen LogP contribution in [-0.2, 0) is 6.61 Å². The van der Waals surface area contributed by atoms with Gasteiger partial charge in [-0.3, -0.25) is 0 Å². The third-order valence-electron chi connectivity index (χ3n) is 4.33. The highest BCUT2D eigenvalue weighted by Gasteiger charge is 2.04. The van der Waals surface area contributed by atoms with Gasteiger partial charge < -0.3 is 15.4 Å². The maximum atomic E-state index is 5.82. The molecule has 1 aromatic heterocycles. The highest BCUT2D eigenvalue weighted by molar-refractivity contribution is 5.61. The first-order valence-corrected chi connectivity index (χ1v) is 9.32.